The lowest BCUT2D eigenvalue weighted by molar-refractivity contribution is -0.130. The van der Waals surface area contributed by atoms with Crippen molar-refractivity contribution >= 4 is 34.3 Å². The molecule has 26 heavy (non-hydrogen) atoms. The Hall–Kier alpha value is -2.25. The quantitative estimate of drug-likeness (QED) is 0.681. The highest BCUT2D eigenvalue weighted by Gasteiger charge is 2.23. The summed E-state index contributed by atoms with van der Waals surface area (Å²) in [4.78, 5) is 23.4. The van der Waals surface area contributed by atoms with Gasteiger partial charge in [-0.05, 0) is 35.7 Å². The van der Waals surface area contributed by atoms with Crippen molar-refractivity contribution < 1.29 is 9.18 Å². The van der Waals surface area contributed by atoms with Gasteiger partial charge in [0.15, 0.2) is 0 Å². The second kappa shape index (κ2) is 7.55. The number of thiazole rings is 1. The number of amides is 1. The van der Waals surface area contributed by atoms with E-state index < -0.39 is 0 Å². The number of rotatable bonds is 4. The molecular weight excluding hydrogens is 369 g/mol. The monoisotopic (exact) mass is 387 g/mol. The van der Waals surface area contributed by atoms with Gasteiger partial charge in [0, 0.05) is 36.7 Å². The maximum Gasteiger partial charge on any atom is 0.228 e. The van der Waals surface area contributed by atoms with Crippen molar-refractivity contribution in [1.29, 1.82) is 0 Å². The number of carbonyl (C=O) groups is 1. The highest BCUT2D eigenvalue weighted by Crippen LogP contribution is 2.30. The number of halogens is 1. The molecule has 0 bridgehead atoms. The Morgan fingerprint density at radius 1 is 1.08 bits per heavy atom. The molecule has 0 aliphatic carbocycles. The standard InChI is InChI=1S/C19H18FN3OS2/c20-14-3-5-15(6-4-14)22-7-9-23(10-8-22)18(24)12-17-19(21-13-26-17)16-2-1-11-25-16/h1-6,11,13H,7-10,12H2. The Labute approximate surface area is 159 Å². The zero-order chi connectivity index (χ0) is 17.9. The van der Waals surface area contributed by atoms with E-state index in [1.54, 1.807) is 34.8 Å². The molecule has 0 N–H and O–H groups in total. The van der Waals surface area contributed by atoms with Gasteiger partial charge in [-0.25, -0.2) is 9.37 Å². The summed E-state index contributed by atoms with van der Waals surface area (Å²) in [5, 5.41) is 2.02. The summed E-state index contributed by atoms with van der Waals surface area (Å²) in [5.74, 6) is -0.0838. The summed E-state index contributed by atoms with van der Waals surface area (Å²) in [6.07, 6.45) is 0.397. The number of anilines is 1. The number of aromatic nitrogens is 1. The van der Waals surface area contributed by atoms with E-state index in [4.69, 9.17) is 0 Å². The van der Waals surface area contributed by atoms with Crippen molar-refractivity contribution in [2.24, 2.45) is 0 Å². The van der Waals surface area contributed by atoms with E-state index in [9.17, 15) is 9.18 Å². The second-order valence-electron chi connectivity index (χ2n) is 6.12. The molecule has 1 aliphatic heterocycles. The Balaban J connectivity index is 1.37. The lowest BCUT2D eigenvalue weighted by Crippen LogP contribution is -2.49. The number of benzene rings is 1. The smallest absolute Gasteiger partial charge is 0.228 e. The van der Waals surface area contributed by atoms with Crippen molar-refractivity contribution in [3.8, 4) is 10.6 Å². The molecular formula is C19H18FN3OS2. The lowest BCUT2D eigenvalue weighted by atomic mass is 10.2. The minimum absolute atomic E-state index is 0.144. The van der Waals surface area contributed by atoms with Crippen LogP contribution in [-0.2, 0) is 11.2 Å². The molecule has 1 amide bonds. The van der Waals surface area contributed by atoms with Crippen molar-refractivity contribution in [3.05, 3.63) is 58.0 Å². The van der Waals surface area contributed by atoms with E-state index in [0.29, 0.717) is 19.5 Å². The highest BCUT2D eigenvalue weighted by molar-refractivity contribution is 7.14. The summed E-state index contributed by atoms with van der Waals surface area (Å²) < 4.78 is 13.1. The van der Waals surface area contributed by atoms with E-state index in [0.717, 1.165) is 34.2 Å². The van der Waals surface area contributed by atoms with Gasteiger partial charge in [-0.1, -0.05) is 6.07 Å². The van der Waals surface area contributed by atoms with Crippen molar-refractivity contribution in [2.75, 3.05) is 31.1 Å². The normalized spacial score (nSPS) is 14.7. The molecule has 0 spiro atoms. The molecule has 7 heteroatoms. The molecule has 0 radical (unpaired) electrons. The zero-order valence-electron chi connectivity index (χ0n) is 14.1. The van der Waals surface area contributed by atoms with Gasteiger partial charge < -0.3 is 9.80 Å². The number of nitrogens with zero attached hydrogens (tertiary/aromatic N) is 3. The molecule has 0 unspecified atom stereocenters. The largest absolute Gasteiger partial charge is 0.368 e. The average molecular weight is 388 g/mol. The van der Waals surface area contributed by atoms with E-state index in [-0.39, 0.29) is 11.7 Å². The summed E-state index contributed by atoms with van der Waals surface area (Å²) in [5.41, 5.74) is 3.74. The molecule has 0 atom stereocenters. The fraction of sp³-hybridized carbons (Fsp3) is 0.263. The van der Waals surface area contributed by atoms with Crippen molar-refractivity contribution in [1.82, 2.24) is 9.88 Å². The van der Waals surface area contributed by atoms with Crippen LogP contribution in [0, 0.1) is 5.82 Å². The first-order valence-corrected chi connectivity index (χ1v) is 10.2. The molecule has 134 valence electrons. The molecule has 1 aliphatic rings. The van der Waals surface area contributed by atoms with Gasteiger partial charge in [0.05, 0.1) is 22.5 Å². The fourth-order valence-electron chi connectivity index (χ4n) is 3.13. The van der Waals surface area contributed by atoms with Crippen molar-refractivity contribution in [3.63, 3.8) is 0 Å². The SMILES string of the molecule is O=C(Cc1scnc1-c1cccs1)N1CCN(c2ccc(F)cc2)CC1. The van der Waals surface area contributed by atoms with Crippen LogP contribution in [0.1, 0.15) is 4.88 Å². The predicted molar refractivity (Wildman–Crippen MR) is 104 cm³/mol. The van der Waals surface area contributed by atoms with Crippen LogP contribution in [0.15, 0.2) is 47.3 Å². The zero-order valence-corrected chi connectivity index (χ0v) is 15.7. The Morgan fingerprint density at radius 3 is 2.54 bits per heavy atom. The summed E-state index contributed by atoms with van der Waals surface area (Å²) in [6.45, 7) is 2.89. The van der Waals surface area contributed by atoms with Crippen LogP contribution in [0.4, 0.5) is 10.1 Å². The van der Waals surface area contributed by atoms with Crippen LogP contribution in [0.5, 0.6) is 0 Å². The first-order valence-electron chi connectivity index (χ1n) is 8.45. The Bertz CT molecular complexity index is 869. The second-order valence-corrected chi connectivity index (χ2v) is 8.01. The van der Waals surface area contributed by atoms with E-state index in [2.05, 4.69) is 9.88 Å². The third kappa shape index (κ3) is 3.64. The molecule has 1 fully saturated rings. The lowest BCUT2D eigenvalue weighted by Gasteiger charge is -2.36. The predicted octanol–water partition coefficient (Wildman–Crippen LogP) is 3.90. The molecule has 1 saturated heterocycles. The third-order valence-corrected chi connectivity index (χ3v) is 6.24. The van der Waals surface area contributed by atoms with E-state index >= 15 is 0 Å². The summed E-state index contributed by atoms with van der Waals surface area (Å²) in [7, 11) is 0. The molecule has 1 aromatic carbocycles. The van der Waals surface area contributed by atoms with Gasteiger partial charge in [0.1, 0.15) is 5.82 Å². The van der Waals surface area contributed by atoms with Crippen LogP contribution in [-0.4, -0.2) is 42.0 Å². The Morgan fingerprint density at radius 2 is 1.85 bits per heavy atom. The average Bonchev–Trinajstić information content (AvgIpc) is 3.34. The maximum absolute atomic E-state index is 13.1. The highest BCUT2D eigenvalue weighted by atomic mass is 32.1. The van der Waals surface area contributed by atoms with Crippen LogP contribution < -0.4 is 4.90 Å². The van der Waals surface area contributed by atoms with Crippen LogP contribution in [0.25, 0.3) is 10.6 Å². The van der Waals surface area contributed by atoms with Gasteiger partial charge in [-0.3, -0.25) is 4.79 Å². The molecule has 0 saturated carbocycles. The molecule has 4 nitrogen and oxygen atoms in total. The molecule has 4 rings (SSSR count). The molecule has 3 heterocycles. The van der Waals surface area contributed by atoms with E-state index in [1.807, 2.05) is 27.9 Å². The topological polar surface area (TPSA) is 36.4 Å². The number of thiophene rings is 1. The van der Waals surface area contributed by atoms with E-state index in [1.165, 1.54) is 12.1 Å². The first-order chi connectivity index (χ1) is 12.7. The number of hydrogen-bond donors (Lipinski definition) is 0. The minimum atomic E-state index is -0.228. The molecule has 3 aromatic rings. The molecule has 2 aromatic heterocycles. The van der Waals surface area contributed by atoms with Gasteiger partial charge >= 0.3 is 0 Å². The first kappa shape index (κ1) is 17.2. The van der Waals surface area contributed by atoms with Gasteiger partial charge in [-0.15, -0.1) is 22.7 Å². The van der Waals surface area contributed by atoms with Crippen LogP contribution in [0.3, 0.4) is 0 Å². The van der Waals surface area contributed by atoms with Crippen LogP contribution >= 0.6 is 22.7 Å². The Kier molecular flexibility index (Phi) is 4.99. The number of hydrogen-bond acceptors (Lipinski definition) is 5. The number of piperazine rings is 1. The fourth-order valence-corrected chi connectivity index (χ4v) is 4.70. The van der Waals surface area contributed by atoms with Crippen molar-refractivity contribution in [2.45, 2.75) is 6.42 Å². The maximum atomic E-state index is 13.1. The van der Waals surface area contributed by atoms with Crippen LogP contribution in [0.2, 0.25) is 0 Å². The summed E-state index contributed by atoms with van der Waals surface area (Å²) >= 11 is 3.18. The van der Waals surface area contributed by atoms with Gasteiger partial charge in [0.2, 0.25) is 5.91 Å². The third-order valence-electron chi connectivity index (χ3n) is 4.53. The van der Waals surface area contributed by atoms with Gasteiger partial charge in [0.25, 0.3) is 0 Å². The number of carbonyl (C=O) groups excluding carboxylic acids is 1. The van der Waals surface area contributed by atoms with Gasteiger partial charge in [-0.2, -0.15) is 0 Å². The minimum Gasteiger partial charge on any atom is -0.368 e. The summed E-state index contributed by atoms with van der Waals surface area (Å²) in [6, 6.07) is 10.6.